The molecule has 1 aromatic rings. The maximum Gasteiger partial charge on any atom is 0.114 e. The molecule has 1 aliphatic carbocycles. The Balaban J connectivity index is 2.34. The van der Waals surface area contributed by atoms with Gasteiger partial charge in [0.2, 0.25) is 0 Å². The lowest BCUT2D eigenvalue weighted by Crippen LogP contribution is -2.28. The maximum absolute atomic E-state index is 5.30. The zero-order valence-electron chi connectivity index (χ0n) is 12.5. The molecule has 4 nitrogen and oxygen atoms in total. The minimum Gasteiger partial charge on any atom is -0.396 e. The lowest BCUT2D eigenvalue weighted by atomic mass is 9.75. The van der Waals surface area contributed by atoms with Crippen LogP contribution in [-0.2, 0) is 17.7 Å². The number of aromatic amines is 1. The van der Waals surface area contributed by atoms with Crippen LogP contribution < -0.4 is 0 Å². The SMILES string of the molecule is CCCCc1n[nH]c2c1/C(=N/OCC)CC(C)(C)C2. The van der Waals surface area contributed by atoms with Gasteiger partial charge in [0.1, 0.15) is 6.61 Å². The van der Waals surface area contributed by atoms with Crippen molar-refractivity contribution in [2.75, 3.05) is 6.61 Å². The van der Waals surface area contributed by atoms with Gasteiger partial charge in [-0.05, 0) is 38.0 Å². The maximum atomic E-state index is 5.30. The minimum absolute atomic E-state index is 0.220. The molecule has 0 saturated heterocycles. The summed E-state index contributed by atoms with van der Waals surface area (Å²) in [5.74, 6) is 0. The first-order valence-electron chi connectivity index (χ1n) is 7.32. The highest BCUT2D eigenvalue weighted by Crippen LogP contribution is 2.35. The zero-order valence-corrected chi connectivity index (χ0v) is 12.5. The van der Waals surface area contributed by atoms with Gasteiger partial charge in [0.25, 0.3) is 0 Å². The van der Waals surface area contributed by atoms with Crippen LogP contribution in [0.1, 0.15) is 63.9 Å². The van der Waals surface area contributed by atoms with E-state index in [4.69, 9.17) is 4.84 Å². The fourth-order valence-electron chi connectivity index (χ4n) is 2.72. The molecule has 0 spiro atoms. The zero-order chi connectivity index (χ0) is 13.9. The Morgan fingerprint density at radius 2 is 2.11 bits per heavy atom. The quantitative estimate of drug-likeness (QED) is 0.827. The summed E-state index contributed by atoms with van der Waals surface area (Å²) in [5, 5.41) is 12.0. The van der Waals surface area contributed by atoms with Crippen LogP contribution in [0.2, 0.25) is 0 Å². The Morgan fingerprint density at radius 3 is 2.79 bits per heavy atom. The van der Waals surface area contributed by atoms with Crippen molar-refractivity contribution >= 4 is 5.71 Å². The van der Waals surface area contributed by atoms with Gasteiger partial charge in [-0.3, -0.25) is 5.10 Å². The standard InChI is InChI=1S/C15H25N3O/c1-5-7-8-11-14-12(17-16-11)9-15(3,4)10-13(14)18-19-6-2/h5-10H2,1-4H3,(H,16,17)/b18-13+. The Hall–Kier alpha value is -1.32. The van der Waals surface area contributed by atoms with Crippen LogP contribution in [0.4, 0.5) is 0 Å². The summed E-state index contributed by atoms with van der Waals surface area (Å²) in [7, 11) is 0. The van der Waals surface area contributed by atoms with Gasteiger partial charge >= 0.3 is 0 Å². The van der Waals surface area contributed by atoms with E-state index in [9.17, 15) is 0 Å². The van der Waals surface area contributed by atoms with Crippen molar-refractivity contribution in [2.24, 2.45) is 10.6 Å². The van der Waals surface area contributed by atoms with Gasteiger partial charge < -0.3 is 4.84 Å². The number of H-pyrrole nitrogens is 1. The third-order valence-electron chi connectivity index (χ3n) is 3.58. The first-order chi connectivity index (χ1) is 9.07. The van der Waals surface area contributed by atoms with E-state index in [1.54, 1.807) is 0 Å². The molecule has 0 saturated carbocycles. The van der Waals surface area contributed by atoms with Crippen molar-refractivity contribution in [2.45, 2.75) is 59.8 Å². The number of rotatable bonds is 5. The van der Waals surface area contributed by atoms with E-state index in [0.717, 1.165) is 30.7 Å². The van der Waals surface area contributed by atoms with Crippen molar-refractivity contribution in [3.63, 3.8) is 0 Å². The molecule has 2 rings (SSSR count). The molecule has 1 N–H and O–H groups in total. The molecule has 1 aromatic heterocycles. The summed E-state index contributed by atoms with van der Waals surface area (Å²) in [6.07, 6.45) is 5.37. The number of fused-ring (bicyclic) bond motifs is 1. The monoisotopic (exact) mass is 263 g/mol. The second-order valence-electron chi connectivity index (χ2n) is 6.10. The number of aryl methyl sites for hydroxylation is 1. The highest BCUT2D eigenvalue weighted by Gasteiger charge is 2.33. The fourth-order valence-corrected chi connectivity index (χ4v) is 2.72. The third kappa shape index (κ3) is 3.17. The van der Waals surface area contributed by atoms with E-state index >= 15 is 0 Å². The first kappa shape index (κ1) is 14.1. The number of nitrogens with one attached hydrogen (secondary N) is 1. The third-order valence-corrected chi connectivity index (χ3v) is 3.58. The first-order valence-corrected chi connectivity index (χ1v) is 7.32. The fraction of sp³-hybridized carbons (Fsp3) is 0.733. The van der Waals surface area contributed by atoms with Crippen molar-refractivity contribution in [3.8, 4) is 0 Å². The molecule has 1 heterocycles. The highest BCUT2D eigenvalue weighted by molar-refractivity contribution is 6.03. The highest BCUT2D eigenvalue weighted by atomic mass is 16.6. The largest absolute Gasteiger partial charge is 0.396 e. The van der Waals surface area contributed by atoms with Gasteiger partial charge in [-0.15, -0.1) is 0 Å². The van der Waals surface area contributed by atoms with Crippen molar-refractivity contribution in [3.05, 3.63) is 17.0 Å². The van der Waals surface area contributed by atoms with Gasteiger partial charge in [0, 0.05) is 11.3 Å². The van der Waals surface area contributed by atoms with Crippen LogP contribution >= 0.6 is 0 Å². The molecule has 0 aliphatic heterocycles. The smallest absolute Gasteiger partial charge is 0.114 e. The molecule has 1 aliphatic rings. The molecule has 0 atom stereocenters. The second-order valence-corrected chi connectivity index (χ2v) is 6.10. The Bertz CT molecular complexity index is 460. The second kappa shape index (κ2) is 5.76. The van der Waals surface area contributed by atoms with Gasteiger partial charge in [0.15, 0.2) is 0 Å². The topological polar surface area (TPSA) is 50.3 Å². The number of oxime groups is 1. The molecule has 19 heavy (non-hydrogen) atoms. The summed E-state index contributed by atoms with van der Waals surface area (Å²) in [6.45, 7) is 9.32. The normalized spacial score (nSPS) is 19.5. The lowest BCUT2D eigenvalue weighted by Gasteiger charge is -2.29. The van der Waals surface area contributed by atoms with E-state index in [1.165, 1.54) is 24.1 Å². The van der Waals surface area contributed by atoms with Crippen LogP contribution in [-0.4, -0.2) is 22.5 Å². The van der Waals surface area contributed by atoms with Gasteiger partial charge in [-0.25, -0.2) is 0 Å². The predicted octanol–water partition coefficient (Wildman–Crippen LogP) is 3.47. The molecule has 0 fully saturated rings. The van der Waals surface area contributed by atoms with Crippen LogP contribution in [0.3, 0.4) is 0 Å². The molecule has 0 unspecified atom stereocenters. The predicted molar refractivity (Wildman–Crippen MR) is 77.5 cm³/mol. The molecule has 0 amide bonds. The molecular weight excluding hydrogens is 238 g/mol. The summed E-state index contributed by atoms with van der Waals surface area (Å²) >= 11 is 0. The van der Waals surface area contributed by atoms with E-state index in [2.05, 4.69) is 36.1 Å². The minimum atomic E-state index is 0.220. The number of hydrogen-bond acceptors (Lipinski definition) is 3. The summed E-state index contributed by atoms with van der Waals surface area (Å²) in [5.41, 5.74) is 4.89. The van der Waals surface area contributed by atoms with Crippen LogP contribution in [0.25, 0.3) is 0 Å². The van der Waals surface area contributed by atoms with Gasteiger partial charge in [-0.2, -0.15) is 5.10 Å². The lowest BCUT2D eigenvalue weighted by molar-refractivity contribution is 0.156. The number of aromatic nitrogens is 2. The van der Waals surface area contributed by atoms with Crippen LogP contribution in [0.15, 0.2) is 5.16 Å². The molecule has 0 aromatic carbocycles. The molecule has 4 heteroatoms. The summed E-state index contributed by atoms with van der Waals surface area (Å²) < 4.78 is 0. The summed E-state index contributed by atoms with van der Waals surface area (Å²) in [4.78, 5) is 5.30. The Labute approximate surface area is 115 Å². The molecule has 0 radical (unpaired) electrons. The number of nitrogens with zero attached hydrogens (tertiary/aromatic N) is 2. The molecule has 106 valence electrons. The van der Waals surface area contributed by atoms with E-state index in [0.29, 0.717) is 6.61 Å². The van der Waals surface area contributed by atoms with E-state index < -0.39 is 0 Å². The average Bonchev–Trinajstić information content (AvgIpc) is 2.74. The van der Waals surface area contributed by atoms with Crippen LogP contribution in [0, 0.1) is 5.41 Å². The van der Waals surface area contributed by atoms with Crippen molar-refractivity contribution in [1.29, 1.82) is 0 Å². The van der Waals surface area contributed by atoms with Gasteiger partial charge in [-0.1, -0.05) is 32.3 Å². The van der Waals surface area contributed by atoms with Gasteiger partial charge in [0.05, 0.1) is 11.4 Å². The average molecular weight is 263 g/mol. The Morgan fingerprint density at radius 1 is 1.32 bits per heavy atom. The van der Waals surface area contributed by atoms with E-state index in [1.807, 2.05) is 6.92 Å². The molecular formula is C15H25N3O. The number of hydrogen-bond donors (Lipinski definition) is 1. The van der Waals surface area contributed by atoms with Crippen molar-refractivity contribution in [1.82, 2.24) is 10.2 Å². The Kier molecular flexibility index (Phi) is 4.27. The number of unbranched alkanes of at least 4 members (excludes halogenated alkanes) is 1. The van der Waals surface area contributed by atoms with Crippen LogP contribution in [0.5, 0.6) is 0 Å². The molecule has 0 bridgehead atoms. The summed E-state index contributed by atoms with van der Waals surface area (Å²) in [6, 6.07) is 0. The van der Waals surface area contributed by atoms with Crippen molar-refractivity contribution < 1.29 is 4.84 Å². The van der Waals surface area contributed by atoms with E-state index in [-0.39, 0.29) is 5.41 Å².